The Kier molecular flexibility index (Phi) is 4.92. The molecular weight excluding hydrogens is 336 g/mol. The minimum absolute atomic E-state index is 0.0442. The molecular formula is C19H22N2O3S. The summed E-state index contributed by atoms with van der Waals surface area (Å²) in [6.07, 6.45) is 1.75. The Hall–Kier alpha value is -2.18. The van der Waals surface area contributed by atoms with Crippen LogP contribution < -0.4 is 10.0 Å². The maximum Gasteiger partial charge on any atom is 0.255 e. The van der Waals surface area contributed by atoms with Gasteiger partial charge in [-0.25, -0.2) is 13.1 Å². The van der Waals surface area contributed by atoms with Crippen LogP contribution in [0.1, 0.15) is 48.5 Å². The van der Waals surface area contributed by atoms with E-state index in [1.807, 2.05) is 12.1 Å². The summed E-state index contributed by atoms with van der Waals surface area (Å²) in [5.74, 6) is 0.137. The van der Waals surface area contributed by atoms with Gasteiger partial charge in [0.05, 0.1) is 4.90 Å². The molecule has 1 aliphatic rings. The van der Waals surface area contributed by atoms with Crippen LogP contribution in [0.5, 0.6) is 0 Å². The quantitative estimate of drug-likeness (QED) is 0.830. The van der Waals surface area contributed by atoms with Gasteiger partial charge in [-0.15, -0.1) is 0 Å². The minimum atomic E-state index is -3.54. The molecule has 0 atom stereocenters. The summed E-state index contributed by atoms with van der Waals surface area (Å²) in [6.45, 7) is 4.19. The van der Waals surface area contributed by atoms with Gasteiger partial charge in [0.1, 0.15) is 0 Å². The van der Waals surface area contributed by atoms with Crippen molar-refractivity contribution >= 4 is 21.6 Å². The molecule has 0 radical (unpaired) electrons. The summed E-state index contributed by atoms with van der Waals surface area (Å²) in [6, 6.07) is 13.8. The topological polar surface area (TPSA) is 75.3 Å². The van der Waals surface area contributed by atoms with Crippen molar-refractivity contribution in [3.8, 4) is 0 Å². The third-order valence-corrected chi connectivity index (χ3v) is 5.66. The van der Waals surface area contributed by atoms with E-state index in [9.17, 15) is 13.2 Å². The van der Waals surface area contributed by atoms with Crippen molar-refractivity contribution in [2.45, 2.75) is 43.5 Å². The Morgan fingerprint density at radius 3 is 2.36 bits per heavy atom. The van der Waals surface area contributed by atoms with Gasteiger partial charge in [-0.05, 0) is 54.7 Å². The SMILES string of the molecule is CC(C)c1ccc(C(=O)Nc2cccc(S(=O)(=O)NC3CC3)c2)cc1. The van der Waals surface area contributed by atoms with Gasteiger partial charge in [-0.1, -0.05) is 32.0 Å². The summed E-state index contributed by atoms with van der Waals surface area (Å²) in [5.41, 5.74) is 2.15. The molecule has 2 aromatic carbocycles. The molecule has 25 heavy (non-hydrogen) atoms. The van der Waals surface area contributed by atoms with E-state index in [2.05, 4.69) is 23.9 Å². The maximum atomic E-state index is 12.4. The number of benzene rings is 2. The number of carbonyl (C=O) groups is 1. The summed E-state index contributed by atoms with van der Waals surface area (Å²) in [4.78, 5) is 12.5. The zero-order valence-electron chi connectivity index (χ0n) is 14.3. The average molecular weight is 358 g/mol. The Morgan fingerprint density at radius 2 is 1.76 bits per heavy atom. The maximum absolute atomic E-state index is 12.4. The van der Waals surface area contributed by atoms with E-state index >= 15 is 0 Å². The lowest BCUT2D eigenvalue weighted by atomic mass is 10.0. The summed E-state index contributed by atoms with van der Waals surface area (Å²) in [7, 11) is -3.54. The summed E-state index contributed by atoms with van der Waals surface area (Å²) >= 11 is 0. The van der Waals surface area contributed by atoms with Crippen LogP contribution in [0.15, 0.2) is 53.4 Å². The number of hydrogen-bond acceptors (Lipinski definition) is 3. The molecule has 0 saturated heterocycles. The number of amides is 1. The molecule has 5 nitrogen and oxygen atoms in total. The van der Waals surface area contributed by atoms with Crippen molar-refractivity contribution in [1.29, 1.82) is 0 Å². The number of hydrogen-bond donors (Lipinski definition) is 2. The van der Waals surface area contributed by atoms with Crippen LogP contribution >= 0.6 is 0 Å². The molecule has 0 unspecified atom stereocenters. The second-order valence-corrected chi connectivity index (χ2v) is 8.37. The molecule has 0 heterocycles. The molecule has 6 heteroatoms. The Labute approximate surface area is 148 Å². The normalized spacial score (nSPS) is 14.5. The zero-order valence-corrected chi connectivity index (χ0v) is 15.1. The second-order valence-electron chi connectivity index (χ2n) is 6.65. The Morgan fingerprint density at radius 1 is 1.08 bits per heavy atom. The van der Waals surface area contributed by atoms with Gasteiger partial charge >= 0.3 is 0 Å². The van der Waals surface area contributed by atoms with Gasteiger partial charge < -0.3 is 5.32 Å². The molecule has 0 aliphatic heterocycles. The predicted octanol–water partition coefficient (Wildman–Crippen LogP) is 3.50. The zero-order chi connectivity index (χ0) is 18.0. The van der Waals surface area contributed by atoms with Gasteiger partial charge in [0, 0.05) is 17.3 Å². The van der Waals surface area contributed by atoms with Crippen molar-refractivity contribution in [2.24, 2.45) is 0 Å². The first-order chi connectivity index (χ1) is 11.8. The lowest BCUT2D eigenvalue weighted by Gasteiger charge is -2.10. The Bertz CT molecular complexity index is 870. The molecule has 1 aliphatic carbocycles. The first kappa shape index (κ1) is 17.6. The molecule has 1 amide bonds. The Balaban J connectivity index is 1.74. The third kappa shape index (κ3) is 4.46. The summed E-state index contributed by atoms with van der Waals surface area (Å²) in [5, 5.41) is 2.76. The van der Waals surface area contributed by atoms with E-state index in [-0.39, 0.29) is 16.8 Å². The molecule has 1 fully saturated rings. The van der Waals surface area contributed by atoms with Crippen LogP contribution in [-0.2, 0) is 10.0 Å². The lowest BCUT2D eigenvalue weighted by Crippen LogP contribution is -2.25. The fraction of sp³-hybridized carbons (Fsp3) is 0.316. The van der Waals surface area contributed by atoms with E-state index in [4.69, 9.17) is 0 Å². The van der Waals surface area contributed by atoms with Crippen molar-refractivity contribution in [3.63, 3.8) is 0 Å². The number of carbonyl (C=O) groups excluding carboxylic acids is 1. The van der Waals surface area contributed by atoms with Crippen LogP contribution in [0.4, 0.5) is 5.69 Å². The van der Waals surface area contributed by atoms with Gasteiger partial charge in [0.2, 0.25) is 10.0 Å². The number of rotatable bonds is 6. The van der Waals surface area contributed by atoms with E-state index in [0.29, 0.717) is 17.2 Å². The van der Waals surface area contributed by atoms with Crippen LogP contribution in [0, 0.1) is 0 Å². The fourth-order valence-corrected chi connectivity index (χ4v) is 3.80. The highest BCUT2D eigenvalue weighted by molar-refractivity contribution is 7.89. The summed E-state index contributed by atoms with van der Waals surface area (Å²) < 4.78 is 27.2. The second kappa shape index (κ2) is 6.98. The first-order valence-corrected chi connectivity index (χ1v) is 9.87. The number of nitrogens with one attached hydrogen (secondary N) is 2. The molecule has 1 saturated carbocycles. The van der Waals surface area contributed by atoms with Crippen LogP contribution in [0.3, 0.4) is 0 Å². The largest absolute Gasteiger partial charge is 0.322 e. The van der Waals surface area contributed by atoms with Crippen molar-refractivity contribution in [3.05, 3.63) is 59.7 Å². The highest BCUT2D eigenvalue weighted by Crippen LogP contribution is 2.23. The van der Waals surface area contributed by atoms with Gasteiger partial charge in [0.25, 0.3) is 5.91 Å². The van der Waals surface area contributed by atoms with Crippen molar-refractivity contribution < 1.29 is 13.2 Å². The lowest BCUT2D eigenvalue weighted by molar-refractivity contribution is 0.102. The highest BCUT2D eigenvalue weighted by atomic mass is 32.2. The van der Waals surface area contributed by atoms with Gasteiger partial charge in [0.15, 0.2) is 0 Å². The monoisotopic (exact) mass is 358 g/mol. The van der Waals surface area contributed by atoms with E-state index in [1.54, 1.807) is 24.3 Å². The number of sulfonamides is 1. The van der Waals surface area contributed by atoms with Crippen molar-refractivity contribution in [2.75, 3.05) is 5.32 Å². The molecule has 0 spiro atoms. The van der Waals surface area contributed by atoms with Gasteiger partial charge in [-0.3, -0.25) is 4.79 Å². The first-order valence-electron chi connectivity index (χ1n) is 8.39. The van der Waals surface area contributed by atoms with Crippen LogP contribution in [0.2, 0.25) is 0 Å². The van der Waals surface area contributed by atoms with Crippen LogP contribution in [-0.4, -0.2) is 20.4 Å². The highest BCUT2D eigenvalue weighted by Gasteiger charge is 2.28. The molecule has 0 aromatic heterocycles. The molecule has 2 aromatic rings. The van der Waals surface area contributed by atoms with E-state index in [1.165, 1.54) is 12.1 Å². The minimum Gasteiger partial charge on any atom is -0.322 e. The van der Waals surface area contributed by atoms with Crippen LogP contribution in [0.25, 0.3) is 0 Å². The molecule has 0 bridgehead atoms. The van der Waals surface area contributed by atoms with E-state index < -0.39 is 10.0 Å². The van der Waals surface area contributed by atoms with E-state index in [0.717, 1.165) is 18.4 Å². The molecule has 3 rings (SSSR count). The number of anilines is 1. The predicted molar refractivity (Wildman–Crippen MR) is 98.3 cm³/mol. The molecule has 132 valence electrons. The van der Waals surface area contributed by atoms with Gasteiger partial charge in [-0.2, -0.15) is 0 Å². The molecule has 2 N–H and O–H groups in total. The fourth-order valence-electron chi connectivity index (χ4n) is 2.45. The smallest absolute Gasteiger partial charge is 0.255 e. The van der Waals surface area contributed by atoms with Crippen molar-refractivity contribution in [1.82, 2.24) is 4.72 Å². The standard InChI is InChI=1S/C19H22N2O3S/c1-13(2)14-6-8-15(9-7-14)19(22)20-17-4-3-5-18(12-17)25(23,24)21-16-10-11-16/h3-9,12-13,16,21H,10-11H2,1-2H3,(H,20,22). The third-order valence-electron chi connectivity index (χ3n) is 4.14. The average Bonchev–Trinajstić information content (AvgIpc) is 3.38.